The Morgan fingerprint density at radius 1 is 0.963 bits per heavy atom. The molecule has 1 aromatic heterocycles. The van der Waals surface area contributed by atoms with Crippen LogP contribution in [0.25, 0.3) is 22.0 Å². The van der Waals surface area contributed by atoms with Crippen LogP contribution in [0.2, 0.25) is 0 Å². The van der Waals surface area contributed by atoms with Gasteiger partial charge in [0.15, 0.2) is 0 Å². The van der Waals surface area contributed by atoms with Crippen molar-refractivity contribution < 1.29 is 0 Å². The molecule has 0 aliphatic carbocycles. The number of nitrogens with one attached hydrogen (secondary N) is 1. The van der Waals surface area contributed by atoms with Crippen molar-refractivity contribution in [2.24, 2.45) is 5.10 Å². The molecule has 0 atom stereocenters. The van der Waals surface area contributed by atoms with Crippen LogP contribution in [-0.2, 0) is 0 Å². The number of anilines is 2. The lowest BCUT2D eigenvalue weighted by molar-refractivity contribution is 1.13. The first-order valence-electron chi connectivity index (χ1n) is 8.70. The highest BCUT2D eigenvalue weighted by Gasteiger charge is 2.05. The molecule has 0 spiro atoms. The van der Waals surface area contributed by atoms with E-state index in [4.69, 9.17) is 0 Å². The lowest BCUT2D eigenvalue weighted by Gasteiger charge is -2.11. The first-order chi connectivity index (χ1) is 13.2. The van der Waals surface area contributed by atoms with E-state index in [1.807, 2.05) is 31.6 Å². The highest BCUT2D eigenvalue weighted by atomic mass is 32.1. The molecule has 27 heavy (non-hydrogen) atoms. The summed E-state index contributed by atoms with van der Waals surface area (Å²) in [4.78, 5) is 6.72. The van der Waals surface area contributed by atoms with Crippen molar-refractivity contribution in [1.82, 2.24) is 4.98 Å². The van der Waals surface area contributed by atoms with Gasteiger partial charge in [-0.05, 0) is 34.5 Å². The molecule has 0 radical (unpaired) electrons. The topological polar surface area (TPSA) is 40.5 Å². The molecule has 0 unspecified atom stereocenters. The minimum atomic E-state index is 0.777. The molecule has 0 saturated carbocycles. The Bertz CT molecular complexity index is 1080. The van der Waals surface area contributed by atoms with Crippen LogP contribution in [0.5, 0.6) is 0 Å². The summed E-state index contributed by atoms with van der Waals surface area (Å²) in [6, 6.07) is 23.0. The summed E-state index contributed by atoms with van der Waals surface area (Å²) in [5, 5.41) is 9.58. The molecule has 0 aliphatic rings. The molecule has 134 valence electrons. The van der Waals surface area contributed by atoms with Gasteiger partial charge in [-0.3, -0.25) is 5.43 Å². The summed E-state index contributed by atoms with van der Waals surface area (Å²) in [6.07, 6.45) is 1.80. The van der Waals surface area contributed by atoms with E-state index in [0.717, 1.165) is 22.0 Å². The van der Waals surface area contributed by atoms with Gasteiger partial charge < -0.3 is 4.90 Å². The highest BCUT2D eigenvalue weighted by molar-refractivity contribution is 7.14. The van der Waals surface area contributed by atoms with Crippen LogP contribution in [0, 0.1) is 0 Å². The van der Waals surface area contributed by atoms with E-state index in [1.165, 1.54) is 16.5 Å². The second kappa shape index (κ2) is 7.60. The SMILES string of the molecule is CN(C)c1ccc(/C=N\Nc2nc(-c3ccc4ccccc4c3)cs2)cc1. The molecule has 4 nitrogen and oxygen atoms in total. The minimum Gasteiger partial charge on any atom is -0.378 e. The summed E-state index contributed by atoms with van der Waals surface area (Å²) in [6.45, 7) is 0. The molecule has 1 heterocycles. The van der Waals surface area contributed by atoms with Crippen LogP contribution < -0.4 is 10.3 Å². The normalized spacial score (nSPS) is 11.2. The number of rotatable bonds is 5. The Hall–Kier alpha value is -3.18. The average Bonchev–Trinajstić information content (AvgIpc) is 3.17. The standard InChI is InChI=1S/C22H20N4S/c1-26(2)20-11-7-16(8-12-20)14-23-25-22-24-21(15-27-22)19-10-9-17-5-3-4-6-18(17)13-19/h3-15H,1-2H3,(H,24,25)/b23-14-. The lowest BCUT2D eigenvalue weighted by Crippen LogP contribution is -2.08. The minimum absolute atomic E-state index is 0.777. The number of aromatic nitrogens is 1. The Kier molecular flexibility index (Phi) is 4.85. The number of nitrogens with zero attached hydrogens (tertiary/aromatic N) is 3. The average molecular weight is 372 g/mol. The molecule has 0 saturated heterocycles. The van der Waals surface area contributed by atoms with Crippen molar-refractivity contribution >= 4 is 39.1 Å². The second-order valence-corrected chi connectivity index (χ2v) is 7.31. The van der Waals surface area contributed by atoms with Crippen molar-refractivity contribution in [2.45, 2.75) is 0 Å². The fourth-order valence-electron chi connectivity index (χ4n) is 2.83. The summed E-state index contributed by atoms with van der Waals surface area (Å²) in [7, 11) is 4.06. The predicted molar refractivity (Wildman–Crippen MR) is 117 cm³/mol. The first-order valence-corrected chi connectivity index (χ1v) is 9.58. The third-order valence-electron chi connectivity index (χ3n) is 4.33. The van der Waals surface area contributed by atoms with E-state index in [-0.39, 0.29) is 0 Å². The predicted octanol–water partition coefficient (Wildman–Crippen LogP) is 5.48. The third-order valence-corrected chi connectivity index (χ3v) is 5.08. The number of hydrogen-bond acceptors (Lipinski definition) is 5. The maximum atomic E-state index is 4.64. The lowest BCUT2D eigenvalue weighted by atomic mass is 10.1. The zero-order valence-corrected chi connectivity index (χ0v) is 16.1. The fraction of sp³-hybridized carbons (Fsp3) is 0.0909. The molecule has 4 aromatic rings. The summed E-state index contributed by atoms with van der Waals surface area (Å²) >= 11 is 1.55. The van der Waals surface area contributed by atoms with Crippen LogP contribution in [0.3, 0.4) is 0 Å². The Balaban J connectivity index is 1.45. The van der Waals surface area contributed by atoms with Gasteiger partial charge in [0, 0.05) is 30.7 Å². The van der Waals surface area contributed by atoms with Gasteiger partial charge in [0.2, 0.25) is 5.13 Å². The number of benzene rings is 3. The van der Waals surface area contributed by atoms with Gasteiger partial charge in [0.1, 0.15) is 0 Å². The van der Waals surface area contributed by atoms with E-state index >= 15 is 0 Å². The van der Waals surface area contributed by atoms with Crippen molar-refractivity contribution in [3.8, 4) is 11.3 Å². The van der Waals surface area contributed by atoms with Gasteiger partial charge in [0.25, 0.3) is 0 Å². The number of hydrazone groups is 1. The molecule has 0 bridgehead atoms. The maximum absolute atomic E-state index is 4.64. The van der Waals surface area contributed by atoms with Crippen molar-refractivity contribution in [3.05, 3.63) is 77.7 Å². The van der Waals surface area contributed by atoms with Gasteiger partial charge in [-0.15, -0.1) is 11.3 Å². The molecule has 0 fully saturated rings. The largest absolute Gasteiger partial charge is 0.378 e. The zero-order chi connectivity index (χ0) is 18.6. The van der Waals surface area contributed by atoms with Crippen LogP contribution in [0.1, 0.15) is 5.56 Å². The molecular weight excluding hydrogens is 352 g/mol. The van der Waals surface area contributed by atoms with Gasteiger partial charge in [-0.25, -0.2) is 4.98 Å². The van der Waals surface area contributed by atoms with Gasteiger partial charge in [0.05, 0.1) is 11.9 Å². The maximum Gasteiger partial charge on any atom is 0.203 e. The first kappa shape index (κ1) is 17.2. The summed E-state index contributed by atoms with van der Waals surface area (Å²) < 4.78 is 0. The Labute approximate surface area is 162 Å². The molecule has 4 rings (SSSR count). The summed E-state index contributed by atoms with van der Waals surface area (Å²) in [5.74, 6) is 0. The fourth-order valence-corrected chi connectivity index (χ4v) is 3.50. The third kappa shape index (κ3) is 3.99. The molecular formula is C22H20N4S. The van der Waals surface area contributed by atoms with E-state index in [9.17, 15) is 0 Å². The van der Waals surface area contributed by atoms with Gasteiger partial charge >= 0.3 is 0 Å². The second-order valence-electron chi connectivity index (χ2n) is 6.46. The molecule has 0 amide bonds. The highest BCUT2D eigenvalue weighted by Crippen LogP contribution is 2.27. The molecule has 1 N–H and O–H groups in total. The number of hydrogen-bond donors (Lipinski definition) is 1. The van der Waals surface area contributed by atoms with Crippen molar-refractivity contribution in [3.63, 3.8) is 0 Å². The monoisotopic (exact) mass is 372 g/mol. The van der Waals surface area contributed by atoms with Crippen LogP contribution in [0.15, 0.2) is 77.2 Å². The molecule has 3 aromatic carbocycles. The summed E-state index contributed by atoms with van der Waals surface area (Å²) in [5.41, 5.74) is 7.30. The van der Waals surface area contributed by atoms with E-state index in [0.29, 0.717) is 0 Å². The van der Waals surface area contributed by atoms with E-state index < -0.39 is 0 Å². The molecule has 0 aliphatic heterocycles. The van der Waals surface area contributed by atoms with E-state index in [2.05, 4.69) is 75.0 Å². The van der Waals surface area contributed by atoms with Crippen molar-refractivity contribution in [1.29, 1.82) is 0 Å². The molecule has 5 heteroatoms. The van der Waals surface area contributed by atoms with Gasteiger partial charge in [-0.1, -0.05) is 48.5 Å². The van der Waals surface area contributed by atoms with E-state index in [1.54, 1.807) is 17.6 Å². The quantitative estimate of drug-likeness (QED) is 0.373. The van der Waals surface area contributed by atoms with Gasteiger partial charge in [-0.2, -0.15) is 5.10 Å². The number of thiazole rings is 1. The van der Waals surface area contributed by atoms with Crippen LogP contribution in [-0.4, -0.2) is 25.3 Å². The Morgan fingerprint density at radius 2 is 1.74 bits per heavy atom. The number of fused-ring (bicyclic) bond motifs is 1. The van der Waals surface area contributed by atoms with Crippen LogP contribution in [0.4, 0.5) is 10.8 Å². The Morgan fingerprint density at radius 3 is 2.52 bits per heavy atom. The smallest absolute Gasteiger partial charge is 0.203 e. The van der Waals surface area contributed by atoms with Crippen LogP contribution >= 0.6 is 11.3 Å². The zero-order valence-electron chi connectivity index (χ0n) is 15.3. The van der Waals surface area contributed by atoms with Crippen molar-refractivity contribution in [2.75, 3.05) is 24.4 Å².